The molecular weight excluding hydrogens is 512 g/mol. The van der Waals surface area contributed by atoms with Crippen LogP contribution in [0.3, 0.4) is 0 Å². The highest BCUT2D eigenvalue weighted by atomic mass is 16.7. The second-order valence-electron chi connectivity index (χ2n) is 12.0. The summed E-state index contributed by atoms with van der Waals surface area (Å²) >= 11 is 0. The molecule has 4 rings (SSSR count). The van der Waals surface area contributed by atoms with Crippen molar-refractivity contribution >= 4 is 17.8 Å². The van der Waals surface area contributed by atoms with Gasteiger partial charge in [-0.3, -0.25) is 19.3 Å². The number of fused-ring (bicyclic) bond motifs is 1. The van der Waals surface area contributed by atoms with Gasteiger partial charge in [-0.2, -0.15) is 0 Å². The van der Waals surface area contributed by atoms with Gasteiger partial charge in [0, 0.05) is 50.1 Å². The van der Waals surface area contributed by atoms with Crippen LogP contribution in [0.15, 0.2) is 18.2 Å². The molecule has 2 fully saturated rings. The van der Waals surface area contributed by atoms with Crippen LogP contribution in [-0.2, 0) is 14.4 Å². The Morgan fingerprint density at radius 3 is 2.58 bits per heavy atom. The second-order valence-corrected chi connectivity index (χ2v) is 12.0. The summed E-state index contributed by atoms with van der Waals surface area (Å²) in [5.74, 6) is -0.541. The van der Waals surface area contributed by atoms with E-state index in [1.807, 2.05) is 46.7 Å². The number of amides is 2. The van der Waals surface area contributed by atoms with Gasteiger partial charge < -0.3 is 30.1 Å². The molecule has 0 saturated carbocycles. The van der Waals surface area contributed by atoms with Crippen LogP contribution in [0, 0.1) is 11.3 Å². The van der Waals surface area contributed by atoms with Gasteiger partial charge in [0.15, 0.2) is 11.5 Å². The third-order valence-electron chi connectivity index (χ3n) is 8.78. The number of nitrogens with two attached hydrogens (primary N) is 1. The van der Waals surface area contributed by atoms with Crippen molar-refractivity contribution in [3.8, 4) is 11.5 Å². The zero-order valence-electron chi connectivity index (χ0n) is 24.3. The number of rotatable bonds is 14. The third kappa shape index (κ3) is 6.71. The van der Waals surface area contributed by atoms with Gasteiger partial charge >= 0.3 is 5.97 Å². The largest absolute Gasteiger partial charge is 0.481 e. The fraction of sp³-hybridized carbons (Fsp3) is 0.700. The van der Waals surface area contributed by atoms with Gasteiger partial charge in [-0.05, 0) is 56.3 Å². The average molecular weight is 559 g/mol. The summed E-state index contributed by atoms with van der Waals surface area (Å²) in [6.45, 7) is 9.84. The van der Waals surface area contributed by atoms with Gasteiger partial charge in [0.25, 0.3) is 0 Å². The minimum absolute atomic E-state index is 0.0179. The summed E-state index contributed by atoms with van der Waals surface area (Å²) in [7, 11) is 0. The Morgan fingerprint density at radius 1 is 1.15 bits per heavy atom. The van der Waals surface area contributed by atoms with Crippen LogP contribution in [0.4, 0.5) is 0 Å². The number of likely N-dealkylation sites (tertiary alicyclic amines) is 2. The molecule has 40 heavy (non-hydrogen) atoms. The lowest BCUT2D eigenvalue weighted by atomic mass is 9.84. The van der Waals surface area contributed by atoms with E-state index in [0.717, 1.165) is 37.7 Å². The topological polar surface area (TPSA) is 126 Å². The number of nitrogens with zero attached hydrogens (tertiary/aromatic N) is 3. The quantitative estimate of drug-likeness (QED) is 0.334. The zero-order chi connectivity index (χ0) is 28.9. The predicted octanol–water partition coefficient (Wildman–Crippen LogP) is 2.90. The van der Waals surface area contributed by atoms with Crippen molar-refractivity contribution in [2.45, 2.75) is 71.3 Å². The first-order valence-corrected chi connectivity index (χ1v) is 14.8. The third-order valence-corrected chi connectivity index (χ3v) is 8.78. The van der Waals surface area contributed by atoms with Crippen LogP contribution >= 0.6 is 0 Å². The maximum Gasteiger partial charge on any atom is 0.308 e. The molecule has 1 aromatic carbocycles. The van der Waals surface area contributed by atoms with Crippen molar-refractivity contribution in [3.05, 3.63) is 23.8 Å². The van der Waals surface area contributed by atoms with Crippen LogP contribution in [-0.4, -0.2) is 96.2 Å². The molecule has 3 aliphatic rings. The van der Waals surface area contributed by atoms with Crippen molar-refractivity contribution in [2.24, 2.45) is 17.1 Å². The molecule has 0 aliphatic carbocycles. The number of carbonyl (C=O) groups is 3. The number of carboxylic acids is 1. The van der Waals surface area contributed by atoms with E-state index >= 15 is 0 Å². The van der Waals surface area contributed by atoms with E-state index in [1.165, 1.54) is 0 Å². The standard InChI is InChI=1S/C30H46N4O6/c1-4-5-13-32(14-7-6-12-31)26(35)19-34-18-22(21-8-9-24-25(17-21)40-20-39-24)27(28(36)37)23(34)10-15-33-16-11-30(2,3)29(33)38/h8-9,17,22-23,27H,4-7,10-16,18-20,31H2,1-3H3,(H,36,37)/t22-,23+,27?/m1/s1. The van der Waals surface area contributed by atoms with Crippen molar-refractivity contribution in [1.29, 1.82) is 0 Å². The Kier molecular flexibility index (Phi) is 9.94. The summed E-state index contributed by atoms with van der Waals surface area (Å²) < 4.78 is 11.0. The van der Waals surface area contributed by atoms with Gasteiger partial charge in [-0.1, -0.05) is 33.3 Å². The first-order chi connectivity index (χ1) is 19.2. The summed E-state index contributed by atoms with van der Waals surface area (Å²) in [4.78, 5) is 45.1. The lowest BCUT2D eigenvalue weighted by Crippen LogP contribution is -2.46. The molecule has 222 valence electrons. The minimum Gasteiger partial charge on any atom is -0.481 e. The maximum atomic E-state index is 13.6. The summed E-state index contributed by atoms with van der Waals surface area (Å²) in [5, 5.41) is 10.5. The first-order valence-electron chi connectivity index (χ1n) is 14.8. The van der Waals surface area contributed by atoms with Gasteiger partial charge in [0.1, 0.15) is 0 Å². The number of aliphatic carboxylic acids is 1. The van der Waals surface area contributed by atoms with Crippen molar-refractivity contribution in [2.75, 3.05) is 52.6 Å². The van der Waals surface area contributed by atoms with Crippen molar-refractivity contribution < 1.29 is 29.0 Å². The predicted molar refractivity (Wildman–Crippen MR) is 151 cm³/mol. The lowest BCUT2D eigenvalue weighted by Gasteiger charge is -2.31. The number of benzene rings is 1. The van der Waals surface area contributed by atoms with Crippen molar-refractivity contribution in [3.63, 3.8) is 0 Å². The molecule has 3 atom stereocenters. The molecule has 0 spiro atoms. The van der Waals surface area contributed by atoms with Crippen LogP contribution in [0.5, 0.6) is 11.5 Å². The van der Waals surface area contributed by atoms with Gasteiger partial charge in [-0.15, -0.1) is 0 Å². The SMILES string of the molecule is CCCCN(CCCCN)C(=O)CN1C[C@H](c2ccc3c(c2)OCO3)C(C(=O)O)[C@@H]1CCN1CCC(C)(C)C1=O. The first kappa shape index (κ1) is 30.1. The molecule has 10 nitrogen and oxygen atoms in total. The number of hydrogen-bond donors (Lipinski definition) is 2. The molecular formula is C30H46N4O6. The van der Waals surface area contributed by atoms with E-state index in [0.29, 0.717) is 57.2 Å². The number of ether oxygens (including phenoxy) is 2. The number of carbonyl (C=O) groups excluding carboxylic acids is 2. The average Bonchev–Trinajstić information content (AvgIpc) is 3.60. The van der Waals surface area contributed by atoms with E-state index in [4.69, 9.17) is 15.2 Å². The molecule has 0 aromatic heterocycles. The Bertz CT molecular complexity index is 1060. The Balaban J connectivity index is 1.57. The highest BCUT2D eigenvalue weighted by Gasteiger charge is 2.48. The summed E-state index contributed by atoms with van der Waals surface area (Å²) in [6, 6.07) is 5.22. The molecule has 10 heteroatoms. The van der Waals surface area contributed by atoms with E-state index in [9.17, 15) is 19.5 Å². The summed E-state index contributed by atoms with van der Waals surface area (Å²) in [6.07, 6.45) is 4.89. The van der Waals surface area contributed by atoms with E-state index in [2.05, 4.69) is 6.92 Å². The molecule has 2 saturated heterocycles. The Labute approximate surface area is 237 Å². The molecule has 0 radical (unpaired) electrons. The molecule has 2 amide bonds. The lowest BCUT2D eigenvalue weighted by molar-refractivity contribution is -0.144. The Morgan fingerprint density at radius 2 is 1.90 bits per heavy atom. The monoisotopic (exact) mass is 558 g/mol. The molecule has 3 heterocycles. The van der Waals surface area contributed by atoms with Crippen LogP contribution in [0.2, 0.25) is 0 Å². The van der Waals surface area contributed by atoms with Gasteiger partial charge in [0.05, 0.1) is 12.5 Å². The normalized spacial score (nSPS) is 23.6. The molecule has 3 N–H and O–H groups in total. The van der Waals surface area contributed by atoms with Crippen LogP contribution < -0.4 is 15.2 Å². The highest BCUT2D eigenvalue weighted by molar-refractivity contribution is 5.84. The smallest absolute Gasteiger partial charge is 0.308 e. The van der Waals surface area contributed by atoms with Crippen LogP contribution in [0.25, 0.3) is 0 Å². The van der Waals surface area contributed by atoms with Crippen LogP contribution in [0.1, 0.15) is 70.8 Å². The highest BCUT2D eigenvalue weighted by Crippen LogP contribution is 2.43. The van der Waals surface area contributed by atoms with Gasteiger partial charge in [-0.25, -0.2) is 0 Å². The Hall–Kier alpha value is -2.85. The van der Waals surface area contributed by atoms with Crippen molar-refractivity contribution in [1.82, 2.24) is 14.7 Å². The number of hydrogen-bond acceptors (Lipinski definition) is 7. The van der Waals surface area contributed by atoms with E-state index < -0.39 is 17.3 Å². The summed E-state index contributed by atoms with van der Waals surface area (Å²) in [5.41, 5.74) is 6.16. The van der Waals surface area contributed by atoms with Gasteiger partial charge in [0.2, 0.25) is 18.6 Å². The molecule has 1 aromatic rings. The maximum absolute atomic E-state index is 13.6. The zero-order valence-corrected chi connectivity index (χ0v) is 24.3. The fourth-order valence-electron chi connectivity index (χ4n) is 6.32. The molecule has 0 bridgehead atoms. The number of carboxylic acid groups (broad SMARTS) is 1. The molecule has 1 unspecified atom stereocenters. The minimum atomic E-state index is -0.888. The van der Waals surface area contributed by atoms with E-state index in [-0.39, 0.29) is 37.1 Å². The molecule has 3 aliphatic heterocycles. The second kappa shape index (κ2) is 13.2. The van der Waals surface area contributed by atoms with E-state index in [1.54, 1.807) is 0 Å². The fourth-order valence-corrected chi connectivity index (χ4v) is 6.32. The number of unbranched alkanes of at least 4 members (excludes halogenated alkanes) is 2.